The molecule has 2 rings (SSSR count). The van der Waals surface area contributed by atoms with Gasteiger partial charge in [-0.1, -0.05) is 0 Å². The molecule has 0 aromatic carbocycles. The summed E-state index contributed by atoms with van der Waals surface area (Å²) in [5.74, 6) is -0.151. The van der Waals surface area contributed by atoms with Gasteiger partial charge in [0.1, 0.15) is 0 Å². The molecule has 0 bridgehead atoms. The number of carbonyl (C=O) groups excluding carboxylic acids is 1. The van der Waals surface area contributed by atoms with E-state index in [1.165, 1.54) is 0 Å². The van der Waals surface area contributed by atoms with E-state index in [2.05, 4.69) is 37.8 Å². The summed E-state index contributed by atoms with van der Waals surface area (Å²) in [6, 6.07) is 2.07. The molecule has 1 atom stereocenters. The van der Waals surface area contributed by atoms with Crippen LogP contribution < -0.4 is 0 Å². The number of aromatic nitrogens is 1. The van der Waals surface area contributed by atoms with Gasteiger partial charge >= 0.3 is 5.97 Å². The summed E-state index contributed by atoms with van der Waals surface area (Å²) in [5.41, 5.74) is 1.06. The maximum absolute atomic E-state index is 11.9. The van der Waals surface area contributed by atoms with Crippen molar-refractivity contribution in [2.75, 3.05) is 39.8 Å². The van der Waals surface area contributed by atoms with Gasteiger partial charge in [-0.3, -0.25) is 14.7 Å². The fourth-order valence-electron chi connectivity index (χ4n) is 2.58. The van der Waals surface area contributed by atoms with Gasteiger partial charge in [-0.05, 0) is 41.5 Å². The summed E-state index contributed by atoms with van der Waals surface area (Å²) in [6.07, 6.45) is 3.97. The molecule has 5 nitrogen and oxygen atoms in total. The summed E-state index contributed by atoms with van der Waals surface area (Å²) in [7, 11) is 2.12. The SMILES string of the molecule is CCOC(=O)CC(c1cncc(Br)c1)N1CCN(C)CC1. The van der Waals surface area contributed by atoms with Crippen molar-refractivity contribution in [3.05, 3.63) is 28.5 Å². The average Bonchev–Trinajstić information content (AvgIpc) is 2.46. The van der Waals surface area contributed by atoms with E-state index in [4.69, 9.17) is 4.74 Å². The van der Waals surface area contributed by atoms with Crippen LogP contribution in [0.4, 0.5) is 0 Å². The highest BCUT2D eigenvalue weighted by Gasteiger charge is 2.27. The summed E-state index contributed by atoms with van der Waals surface area (Å²) < 4.78 is 6.06. The van der Waals surface area contributed by atoms with Gasteiger partial charge in [0.25, 0.3) is 0 Å². The lowest BCUT2D eigenvalue weighted by atomic mass is 10.0. The maximum Gasteiger partial charge on any atom is 0.307 e. The van der Waals surface area contributed by atoms with Crippen LogP contribution in [0, 0.1) is 0 Å². The van der Waals surface area contributed by atoms with Crippen molar-refractivity contribution in [3.63, 3.8) is 0 Å². The molecule has 0 amide bonds. The molecule has 2 heterocycles. The molecule has 1 unspecified atom stereocenters. The van der Waals surface area contributed by atoms with Crippen molar-refractivity contribution in [1.82, 2.24) is 14.8 Å². The lowest BCUT2D eigenvalue weighted by Crippen LogP contribution is -2.46. The van der Waals surface area contributed by atoms with Crippen LogP contribution in [-0.4, -0.2) is 60.6 Å². The topological polar surface area (TPSA) is 45.7 Å². The van der Waals surface area contributed by atoms with Crippen LogP contribution in [0.15, 0.2) is 22.9 Å². The van der Waals surface area contributed by atoms with E-state index in [0.717, 1.165) is 36.2 Å². The number of piperazine rings is 1. The Labute approximate surface area is 134 Å². The average molecular weight is 356 g/mol. The monoisotopic (exact) mass is 355 g/mol. The fraction of sp³-hybridized carbons (Fsp3) is 0.600. The molecule has 6 heteroatoms. The molecular formula is C15H22BrN3O2. The van der Waals surface area contributed by atoms with E-state index in [-0.39, 0.29) is 12.0 Å². The molecular weight excluding hydrogens is 334 g/mol. The molecule has 1 aromatic heterocycles. The first-order chi connectivity index (χ1) is 10.1. The second-order valence-corrected chi connectivity index (χ2v) is 6.22. The van der Waals surface area contributed by atoms with Crippen molar-refractivity contribution >= 4 is 21.9 Å². The smallest absolute Gasteiger partial charge is 0.307 e. The normalized spacial score (nSPS) is 18.4. The summed E-state index contributed by atoms with van der Waals surface area (Å²) >= 11 is 3.46. The van der Waals surface area contributed by atoms with Crippen LogP contribution in [0.2, 0.25) is 0 Å². The summed E-state index contributed by atoms with van der Waals surface area (Å²) in [6.45, 7) is 6.19. The number of pyridine rings is 1. The van der Waals surface area contributed by atoms with Crippen LogP contribution in [0.25, 0.3) is 0 Å². The zero-order valence-corrected chi connectivity index (χ0v) is 14.2. The van der Waals surface area contributed by atoms with E-state index in [1.807, 2.05) is 19.2 Å². The van der Waals surface area contributed by atoms with Gasteiger partial charge in [0.05, 0.1) is 13.0 Å². The molecule has 0 spiro atoms. The number of rotatable bonds is 5. The Morgan fingerprint density at radius 1 is 1.38 bits per heavy atom. The van der Waals surface area contributed by atoms with Crippen molar-refractivity contribution in [2.45, 2.75) is 19.4 Å². The minimum absolute atomic E-state index is 0.0303. The lowest BCUT2D eigenvalue weighted by Gasteiger charge is -2.37. The third-order valence-electron chi connectivity index (χ3n) is 3.75. The second-order valence-electron chi connectivity index (χ2n) is 5.30. The van der Waals surface area contributed by atoms with Gasteiger partial charge in [-0.2, -0.15) is 0 Å². The number of carbonyl (C=O) groups is 1. The van der Waals surface area contributed by atoms with E-state index >= 15 is 0 Å². The quantitative estimate of drug-likeness (QED) is 0.756. The van der Waals surface area contributed by atoms with E-state index < -0.39 is 0 Å². The molecule has 21 heavy (non-hydrogen) atoms. The molecule has 0 N–H and O–H groups in total. The number of ether oxygens (including phenoxy) is 1. The van der Waals surface area contributed by atoms with Gasteiger partial charge in [0, 0.05) is 49.1 Å². The van der Waals surface area contributed by atoms with Crippen molar-refractivity contribution in [3.8, 4) is 0 Å². The second kappa shape index (κ2) is 7.87. The predicted molar refractivity (Wildman–Crippen MR) is 85.0 cm³/mol. The van der Waals surface area contributed by atoms with Crippen LogP contribution >= 0.6 is 15.9 Å². The van der Waals surface area contributed by atoms with Crippen molar-refractivity contribution < 1.29 is 9.53 Å². The Morgan fingerprint density at radius 2 is 2.10 bits per heavy atom. The summed E-state index contributed by atoms with van der Waals surface area (Å²) in [4.78, 5) is 20.8. The molecule has 116 valence electrons. The maximum atomic E-state index is 11.9. The Hall–Kier alpha value is -0.980. The minimum atomic E-state index is -0.151. The van der Waals surface area contributed by atoms with Crippen LogP contribution in [-0.2, 0) is 9.53 Å². The summed E-state index contributed by atoms with van der Waals surface area (Å²) in [5, 5.41) is 0. The number of hydrogen-bond donors (Lipinski definition) is 0. The van der Waals surface area contributed by atoms with E-state index in [9.17, 15) is 4.79 Å². The van der Waals surface area contributed by atoms with Crippen LogP contribution in [0.5, 0.6) is 0 Å². The highest BCUT2D eigenvalue weighted by molar-refractivity contribution is 9.10. The third kappa shape index (κ3) is 4.76. The zero-order chi connectivity index (χ0) is 15.2. The Bertz CT molecular complexity index is 476. The number of likely N-dealkylation sites (N-methyl/N-ethyl adjacent to an activating group) is 1. The van der Waals surface area contributed by atoms with Gasteiger partial charge in [-0.15, -0.1) is 0 Å². The number of nitrogens with zero attached hydrogens (tertiary/aromatic N) is 3. The van der Waals surface area contributed by atoms with Gasteiger partial charge in [0.15, 0.2) is 0 Å². The highest BCUT2D eigenvalue weighted by Crippen LogP contribution is 2.27. The molecule has 1 aliphatic rings. The van der Waals surface area contributed by atoms with Crippen molar-refractivity contribution in [1.29, 1.82) is 0 Å². The van der Waals surface area contributed by atoms with Gasteiger partial charge in [0.2, 0.25) is 0 Å². The predicted octanol–water partition coefficient (Wildman–Crippen LogP) is 2.09. The van der Waals surface area contributed by atoms with E-state index in [1.54, 1.807) is 6.20 Å². The number of halogens is 1. The molecule has 1 saturated heterocycles. The van der Waals surface area contributed by atoms with E-state index in [0.29, 0.717) is 13.0 Å². The third-order valence-corrected chi connectivity index (χ3v) is 4.19. The first-order valence-corrected chi connectivity index (χ1v) is 8.08. The lowest BCUT2D eigenvalue weighted by molar-refractivity contribution is -0.144. The number of hydrogen-bond acceptors (Lipinski definition) is 5. The van der Waals surface area contributed by atoms with Crippen LogP contribution in [0.1, 0.15) is 24.9 Å². The van der Waals surface area contributed by atoms with Crippen LogP contribution in [0.3, 0.4) is 0 Å². The molecule has 1 fully saturated rings. The first kappa shape index (κ1) is 16.4. The van der Waals surface area contributed by atoms with Gasteiger partial charge < -0.3 is 9.64 Å². The largest absolute Gasteiger partial charge is 0.466 e. The minimum Gasteiger partial charge on any atom is -0.466 e. The molecule has 0 saturated carbocycles. The zero-order valence-electron chi connectivity index (χ0n) is 12.6. The molecule has 1 aliphatic heterocycles. The number of esters is 1. The Kier molecular flexibility index (Phi) is 6.14. The first-order valence-electron chi connectivity index (χ1n) is 7.28. The molecule has 0 radical (unpaired) electrons. The Morgan fingerprint density at radius 3 is 2.71 bits per heavy atom. The molecule has 1 aromatic rings. The molecule has 0 aliphatic carbocycles. The standard InChI is InChI=1S/C15H22BrN3O2/c1-3-21-15(20)9-14(12-8-13(16)11-17-10-12)19-6-4-18(2)5-7-19/h8,10-11,14H,3-7,9H2,1-2H3. The van der Waals surface area contributed by atoms with Gasteiger partial charge in [-0.25, -0.2) is 0 Å². The Balaban J connectivity index is 2.15. The fourth-order valence-corrected chi connectivity index (χ4v) is 2.96. The highest BCUT2D eigenvalue weighted by atomic mass is 79.9. The van der Waals surface area contributed by atoms with Crippen molar-refractivity contribution in [2.24, 2.45) is 0 Å².